The molecule has 2 bridgehead atoms. The largest absolute Gasteiger partial charge is 0.261 e. The van der Waals surface area contributed by atoms with Gasteiger partial charge in [0.05, 0.1) is 5.69 Å². The first-order chi connectivity index (χ1) is 8.96. The molecule has 1 nitrogen and oxygen atoms in total. The van der Waals surface area contributed by atoms with E-state index >= 15 is 0 Å². The Morgan fingerprint density at radius 3 is 2.37 bits per heavy atom. The van der Waals surface area contributed by atoms with Crippen molar-refractivity contribution in [2.24, 2.45) is 21.7 Å². The van der Waals surface area contributed by atoms with Crippen molar-refractivity contribution in [3.63, 3.8) is 0 Å². The van der Waals surface area contributed by atoms with E-state index in [0.717, 1.165) is 5.69 Å². The summed E-state index contributed by atoms with van der Waals surface area (Å²) in [6.45, 7) is 9.49. The molecule has 3 atom stereocenters. The van der Waals surface area contributed by atoms with Gasteiger partial charge in [-0.2, -0.15) is 0 Å². The average Bonchev–Trinajstić information content (AvgIpc) is 2.77. The van der Waals surface area contributed by atoms with Crippen molar-refractivity contribution in [1.29, 1.82) is 0 Å². The highest BCUT2D eigenvalue weighted by Gasteiger charge is 2.56. The molecule has 0 heterocycles. The van der Waals surface area contributed by atoms with Crippen molar-refractivity contribution in [1.82, 2.24) is 0 Å². The maximum Gasteiger partial charge on any atom is 0.0625 e. The Hall–Kier alpha value is -1.37. The number of hydrogen-bond donors (Lipinski definition) is 0. The van der Waals surface area contributed by atoms with Crippen LogP contribution < -0.4 is 0 Å². The van der Waals surface area contributed by atoms with Crippen LogP contribution in [0, 0.1) is 16.7 Å². The number of allylic oxidation sites excluding steroid dienone is 2. The van der Waals surface area contributed by atoms with E-state index < -0.39 is 0 Å². The number of aliphatic imine (C=N–C) groups is 1. The fourth-order valence-electron chi connectivity index (χ4n) is 4.21. The highest BCUT2D eigenvalue weighted by molar-refractivity contribution is 5.69. The zero-order valence-corrected chi connectivity index (χ0v) is 12.4. The Morgan fingerprint density at radius 2 is 1.79 bits per heavy atom. The number of rotatable bonds is 2. The minimum Gasteiger partial charge on any atom is -0.261 e. The number of fused-ring (bicyclic) bond motifs is 2. The first-order valence-corrected chi connectivity index (χ1v) is 7.23. The van der Waals surface area contributed by atoms with Crippen LogP contribution in [0.25, 0.3) is 0 Å². The van der Waals surface area contributed by atoms with Crippen LogP contribution in [0.4, 0.5) is 5.69 Å². The second-order valence-corrected chi connectivity index (χ2v) is 6.83. The van der Waals surface area contributed by atoms with Crippen LogP contribution in [0.2, 0.25) is 0 Å². The molecule has 0 spiro atoms. The van der Waals surface area contributed by atoms with Crippen molar-refractivity contribution in [2.75, 3.05) is 0 Å². The summed E-state index contributed by atoms with van der Waals surface area (Å²) in [5, 5.41) is 0. The molecule has 19 heavy (non-hydrogen) atoms. The predicted octanol–water partition coefficient (Wildman–Crippen LogP) is 5.16. The number of benzene rings is 1. The molecular weight excluding hydrogens is 230 g/mol. The molecule has 1 fully saturated rings. The van der Waals surface area contributed by atoms with Gasteiger partial charge in [-0.25, -0.2) is 0 Å². The Balaban J connectivity index is 1.88. The third kappa shape index (κ3) is 1.79. The molecule has 2 aliphatic carbocycles. The van der Waals surface area contributed by atoms with E-state index in [1.807, 2.05) is 18.2 Å². The molecule has 0 amide bonds. The van der Waals surface area contributed by atoms with Gasteiger partial charge in [-0.15, -0.1) is 0 Å². The minimum absolute atomic E-state index is 0.330. The van der Waals surface area contributed by atoms with Crippen molar-refractivity contribution in [3.05, 3.63) is 41.5 Å². The van der Waals surface area contributed by atoms with E-state index in [0.29, 0.717) is 16.7 Å². The highest BCUT2D eigenvalue weighted by Crippen LogP contribution is 2.65. The fraction of sp³-hybridized carbons (Fsp3) is 0.500. The number of hydrogen-bond acceptors (Lipinski definition) is 1. The van der Waals surface area contributed by atoms with Crippen molar-refractivity contribution < 1.29 is 0 Å². The Morgan fingerprint density at radius 1 is 1.11 bits per heavy atom. The van der Waals surface area contributed by atoms with E-state index in [-0.39, 0.29) is 0 Å². The Labute approximate surface area is 116 Å². The van der Waals surface area contributed by atoms with Gasteiger partial charge in [0.1, 0.15) is 0 Å². The third-order valence-electron chi connectivity index (χ3n) is 5.73. The molecule has 0 N–H and O–H groups in total. The van der Waals surface area contributed by atoms with E-state index in [1.54, 1.807) is 11.1 Å². The molecule has 1 heteroatoms. The lowest BCUT2D eigenvalue weighted by Crippen LogP contribution is -2.25. The number of para-hydroxylation sites is 1. The van der Waals surface area contributed by atoms with Gasteiger partial charge in [0.15, 0.2) is 0 Å². The standard InChI is InChI=1S/C18H23N/c1-13-14(2)18(4)12-17(13,3)10-15(18)11-19-16-8-6-5-7-9-16/h5-9,11,15H,10,12H2,1-4H3/b19-11+. The van der Waals surface area contributed by atoms with Gasteiger partial charge in [0, 0.05) is 12.1 Å². The normalized spacial score (nSPS) is 37.6. The van der Waals surface area contributed by atoms with E-state index in [4.69, 9.17) is 4.99 Å². The van der Waals surface area contributed by atoms with Crippen molar-refractivity contribution in [3.8, 4) is 0 Å². The summed E-state index contributed by atoms with van der Waals surface area (Å²) in [6.07, 6.45) is 4.75. The van der Waals surface area contributed by atoms with Crippen LogP contribution in [-0.2, 0) is 0 Å². The quantitative estimate of drug-likeness (QED) is 0.510. The lowest BCUT2D eigenvalue weighted by Gasteiger charge is -2.32. The minimum atomic E-state index is 0.330. The maximum absolute atomic E-state index is 4.70. The summed E-state index contributed by atoms with van der Waals surface area (Å²) in [5.41, 5.74) is 5.03. The molecule has 100 valence electrons. The lowest BCUT2D eigenvalue weighted by atomic mass is 9.72. The molecule has 0 radical (unpaired) electrons. The SMILES string of the molecule is CC1=C(C)C2(C)CC1(C)CC2/C=N/c1ccccc1. The summed E-state index contributed by atoms with van der Waals surface area (Å²) >= 11 is 0. The van der Waals surface area contributed by atoms with E-state index in [2.05, 4.69) is 46.0 Å². The molecule has 0 aromatic heterocycles. The van der Waals surface area contributed by atoms with Crippen LogP contribution in [0.3, 0.4) is 0 Å². The average molecular weight is 253 g/mol. The molecule has 1 saturated carbocycles. The van der Waals surface area contributed by atoms with Crippen LogP contribution in [0.5, 0.6) is 0 Å². The van der Waals surface area contributed by atoms with Gasteiger partial charge in [0.2, 0.25) is 0 Å². The first-order valence-electron chi connectivity index (χ1n) is 7.23. The van der Waals surface area contributed by atoms with Crippen LogP contribution in [0.15, 0.2) is 46.5 Å². The third-order valence-corrected chi connectivity index (χ3v) is 5.73. The number of nitrogens with zero attached hydrogens (tertiary/aromatic N) is 1. The Kier molecular flexibility index (Phi) is 2.70. The second kappa shape index (κ2) is 4.06. The van der Waals surface area contributed by atoms with E-state index in [1.165, 1.54) is 12.8 Å². The summed E-state index contributed by atoms with van der Waals surface area (Å²) in [6, 6.07) is 10.3. The van der Waals surface area contributed by atoms with Gasteiger partial charge in [-0.3, -0.25) is 4.99 Å². The lowest BCUT2D eigenvalue weighted by molar-refractivity contribution is 0.365. The molecule has 2 aliphatic rings. The van der Waals surface area contributed by atoms with Gasteiger partial charge in [0.25, 0.3) is 0 Å². The van der Waals surface area contributed by atoms with Crippen LogP contribution >= 0.6 is 0 Å². The van der Waals surface area contributed by atoms with E-state index in [9.17, 15) is 0 Å². The zero-order valence-electron chi connectivity index (χ0n) is 12.4. The molecule has 1 aromatic rings. The second-order valence-electron chi connectivity index (χ2n) is 6.83. The summed E-state index contributed by atoms with van der Waals surface area (Å²) in [4.78, 5) is 4.70. The zero-order chi connectivity index (χ0) is 13.7. The fourth-order valence-corrected chi connectivity index (χ4v) is 4.21. The summed E-state index contributed by atoms with van der Waals surface area (Å²) < 4.78 is 0. The topological polar surface area (TPSA) is 12.4 Å². The monoisotopic (exact) mass is 253 g/mol. The molecule has 0 saturated heterocycles. The Bertz CT molecular complexity index is 554. The molecule has 0 aliphatic heterocycles. The molecule has 3 unspecified atom stereocenters. The summed E-state index contributed by atoms with van der Waals surface area (Å²) in [7, 11) is 0. The van der Waals surface area contributed by atoms with Gasteiger partial charge in [-0.05, 0) is 49.7 Å². The maximum atomic E-state index is 4.70. The molecule has 1 aromatic carbocycles. The highest BCUT2D eigenvalue weighted by atomic mass is 14.7. The molecule has 3 rings (SSSR count). The van der Waals surface area contributed by atoms with Crippen molar-refractivity contribution >= 4 is 11.9 Å². The first kappa shape index (κ1) is 12.7. The van der Waals surface area contributed by atoms with Crippen molar-refractivity contribution in [2.45, 2.75) is 40.5 Å². The van der Waals surface area contributed by atoms with Gasteiger partial charge < -0.3 is 0 Å². The van der Waals surface area contributed by atoms with Crippen LogP contribution in [-0.4, -0.2) is 6.21 Å². The predicted molar refractivity (Wildman–Crippen MR) is 81.9 cm³/mol. The van der Waals surface area contributed by atoms with Gasteiger partial charge >= 0.3 is 0 Å². The summed E-state index contributed by atoms with van der Waals surface area (Å²) in [5.74, 6) is 0.585. The van der Waals surface area contributed by atoms with Crippen LogP contribution in [0.1, 0.15) is 40.5 Å². The molecular formula is C18H23N. The van der Waals surface area contributed by atoms with Gasteiger partial charge in [-0.1, -0.05) is 43.2 Å². The smallest absolute Gasteiger partial charge is 0.0625 e.